The van der Waals surface area contributed by atoms with Crippen molar-refractivity contribution in [2.75, 3.05) is 6.54 Å². The van der Waals surface area contributed by atoms with Gasteiger partial charge in [-0.05, 0) is 32.8 Å². The Morgan fingerprint density at radius 3 is 2.60 bits per heavy atom. The van der Waals surface area contributed by atoms with E-state index in [1.165, 1.54) is 25.7 Å². The molecule has 3 rings (SSSR count). The van der Waals surface area contributed by atoms with Gasteiger partial charge in [-0.3, -0.25) is 14.3 Å². The first-order valence-electron chi connectivity index (χ1n) is 9.63. The molecule has 0 aromatic carbocycles. The lowest BCUT2D eigenvalue weighted by Crippen LogP contribution is -2.40. The molecule has 1 aliphatic carbocycles. The second-order valence-electron chi connectivity index (χ2n) is 7.56. The Morgan fingerprint density at radius 1 is 1.24 bits per heavy atom. The third-order valence-corrected chi connectivity index (χ3v) is 5.44. The summed E-state index contributed by atoms with van der Waals surface area (Å²) in [7, 11) is 0. The topological polar surface area (TPSA) is 67.2 Å². The van der Waals surface area contributed by atoms with E-state index in [2.05, 4.69) is 10.4 Å². The Bertz CT molecular complexity index is 617. The summed E-state index contributed by atoms with van der Waals surface area (Å²) in [5.74, 6) is 0.212. The maximum absolute atomic E-state index is 12.4. The van der Waals surface area contributed by atoms with Crippen LogP contribution in [-0.4, -0.2) is 45.1 Å². The quantitative estimate of drug-likeness (QED) is 0.832. The smallest absolute Gasteiger partial charge is 0.225 e. The van der Waals surface area contributed by atoms with Crippen LogP contribution >= 0.6 is 0 Å². The average molecular weight is 346 g/mol. The minimum absolute atomic E-state index is 0.00747. The maximum Gasteiger partial charge on any atom is 0.225 e. The number of rotatable bonds is 5. The third-order valence-electron chi connectivity index (χ3n) is 5.44. The van der Waals surface area contributed by atoms with E-state index in [0.717, 1.165) is 24.2 Å². The first kappa shape index (κ1) is 18.0. The van der Waals surface area contributed by atoms with Crippen molar-refractivity contribution >= 4 is 11.8 Å². The molecule has 2 fully saturated rings. The van der Waals surface area contributed by atoms with Crippen molar-refractivity contribution < 1.29 is 9.59 Å². The van der Waals surface area contributed by atoms with Gasteiger partial charge in [0.15, 0.2) is 0 Å². The minimum Gasteiger partial charge on any atom is -0.351 e. The normalized spacial score (nSPS) is 22.2. The molecule has 2 aliphatic rings. The summed E-state index contributed by atoms with van der Waals surface area (Å²) in [6.07, 6.45) is 8.07. The van der Waals surface area contributed by atoms with Gasteiger partial charge in [0, 0.05) is 37.7 Å². The van der Waals surface area contributed by atoms with E-state index in [1.54, 1.807) is 0 Å². The summed E-state index contributed by atoms with van der Waals surface area (Å²) in [6.45, 7) is 5.21. The number of nitrogens with one attached hydrogen (secondary N) is 1. The molecule has 2 heterocycles. The van der Waals surface area contributed by atoms with E-state index in [4.69, 9.17) is 0 Å². The third kappa shape index (κ3) is 4.61. The number of aromatic nitrogens is 2. The van der Waals surface area contributed by atoms with E-state index >= 15 is 0 Å². The fraction of sp³-hybridized carbons (Fsp3) is 0.737. The van der Waals surface area contributed by atoms with Crippen molar-refractivity contribution in [3.05, 3.63) is 17.5 Å². The molecule has 2 amide bonds. The summed E-state index contributed by atoms with van der Waals surface area (Å²) >= 11 is 0. The number of amides is 2. The molecule has 6 nitrogen and oxygen atoms in total. The molecule has 1 saturated heterocycles. The van der Waals surface area contributed by atoms with Crippen LogP contribution in [0, 0.1) is 13.8 Å². The summed E-state index contributed by atoms with van der Waals surface area (Å²) in [4.78, 5) is 26.6. The van der Waals surface area contributed by atoms with Gasteiger partial charge in [-0.25, -0.2) is 0 Å². The monoisotopic (exact) mass is 346 g/mol. The number of nitrogens with zero attached hydrogens (tertiary/aromatic N) is 3. The van der Waals surface area contributed by atoms with E-state index in [0.29, 0.717) is 32.0 Å². The second-order valence-corrected chi connectivity index (χ2v) is 7.56. The van der Waals surface area contributed by atoms with Gasteiger partial charge >= 0.3 is 0 Å². The molecule has 0 bridgehead atoms. The summed E-state index contributed by atoms with van der Waals surface area (Å²) in [5, 5.41) is 7.43. The zero-order chi connectivity index (χ0) is 17.8. The van der Waals surface area contributed by atoms with E-state index < -0.39 is 0 Å². The predicted octanol–water partition coefficient (Wildman–Crippen LogP) is 2.33. The predicted molar refractivity (Wildman–Crippen MR) is 96.1 cm³/mol. The Hall–Kier alpha value is -1.85. The molecular weight excluding hydrogens is 316 g/mol. The highest BCUT2D eigenvalue weighted by molar-refractivity contribution is 5.82. The minimum atomic E-state index is -0.0382. The van der Waals surface area contributed by atoms with Gasteiger partial charge in [-0.2, -0.15) is 5.10 Å². The highest BCUT2D eigenvalue weighted by Crippen LogP contribution is 2.25. The van der Waals surface area contributed by atoms with Crippen molar-refractivity contribution in [3.8, 4) is 0 Å². The molecule has 25 heavy (non-hydrogen) atoms. The molecule has 1 saturated carbocycles. The lowest BCUT2D eigenvalue weighted by atomic mass is 10.1. The average Bonchev–Trinajstić information content (AvgIpc) is 2.94. The number of likely N-dealkylation sites (tertiary alicyclic amines) is 1. The summed E-state index contributed by atoms with van der Waals surface area (Å²) in [6, 6.07) is 2.35. The molecule has 138 valence electrons. The van der Waals surface area contributed by atoms with E-state index in [-0.39, 0.29) is 17.9 Å². The molecule has 1 atom stereocenters. The van der Waals surface area contributed by atoms with Crippen molar-refractivity contribution in [2.45, 2.75) is 83.8 Å². The highest BCUT2D eigenvalue weighted by Gasteiger charge is 2.34. The molecule has 0 spiro atoms. The molecule has 0 unspecified atom stereocenters. The van der Waals surface area contributed by atoms with E-state index in [1.807, 2.05) is 29.5 Å². The SMILES string of the molecule is Cc1cc(C)n(CCC(=O)N[C@@H]2CC(=O)N(C3CCCCCC3)C2)n1. The van der Waals surface area contributed by atoms with Gasteiger partial charge in [0.25, 0.3) is 0 Å². The van der Waals surface area contributed by atoms with Gasteiger partial charge in [0.1, 0.15) is 0 Å². The van der Waals surface area contributed by atoms with E-state index in [9.17, 15) is 9.59 Å². The molecule has 0 radical (unpaired) electrons. The Morgan fingerprint density at radius 2 is 1.96 bits per heavy atom. The number of hydrogen-bond donors (Lipinski definition) is 1. The van der Waals surface area contributed by atoms with Crippen molar-refractivity contribution in [1.29, 1.82) is 0 Å². The van der Waals surface area contributed by atoms with Crippen molar-refractivity contribution in [1.82, 2.24) is 20.0 Å². The standard InChI is InChI=1S/C19H30N4O2/c1-14-11-15(2)23(21-14)10-9-18(24)20-16-12-19(25)22(13-16)17-7-5-3-4-6-8-17/h11,16-17H,3-10,12-13H2,1-2H3,(H,20,24)/t16-/m1/s1. The van der Waals surface area contributed by atoms with Crippen molar-refractivity contribution in [2.24, 2.45) is 0 Å². The van der Waals surface area contributed by atoms with Crippen LogP contribution in [0.1, 0.15) is 62.8 Å². The van der Waals surface area contributed by atoms with Crippen LogP contribution in [0.5, 0.6) is 0 Å². The largest absolute Gasteiger partial charge is 0.351 e. The van der Waals surface area contributed by atoms with Crippen LogP contribution in [0.3, 0.4) is 0 Å². The lowest BCUT2D eigenvalue weighted by molar-refractivity contribution is -0.129. The number of aryl methyl sites for hydroxylation is 3. The van der Waals surface area contributed by atoms with Gasteiger partial charge in [0.2, 0.25) is 11.8 Å². The molecule has 1 aromatic heterocycles. The maximum atomic E-state index is 12.4. The Balaban J connectivity index is 1.47. The highest BCUT2D eigenvalue weighted by atomic mass is 16.2. The van der Waals surface area contributed by atoms with Crippen LogP contribution in [0.4, 0.5) is 0 Å². The van der Waals surface area contributed by atoms with Crippen LogP contribution in [-0.2, 0) is 16.1 Å². The van der Waals surface area contributed by atoms with Gasteiger partial charge < -0.3 is 10.2 Å². The van der Waals surface area contributed by atoms with Crippen LogP contribution in [0.15, 0.2) is 6.07 Å². The number of hydrogen-bond acceptors (Lipinski definition) is 3. The number of carbonyl (C=O) groups excluding carboxylic acids is 2. The summed E-state index contributed by atoms with van der Waals surface area (Å²) in [5.41, 5.74) is 2.04. The van der Waals surface area contributed by atoms with Gasteiger partial charge in [-0.1, -0.05) is 25.7 Å². The second kappa shape index (κ2) is 8.02. The zero-order valence-electron chi connectivity index (χ0n) is 15.5. The molecule has 6 heteroatoms. The zero-order valence-corrected chi connectivity index (χ0v) is 15.5. The van der Waals surface area contributed by atoms with Crippen LogP contribution in [0.2, 0.25) is 0 Å². The molecule has 1 N–H and O–H groups in total. The Kier molecular flexibility index (Phi) is 5.76. The van der Waals surface area contributed by atoms with Gasteiger partial charge in [0.05, 0.1) is 11.7 Å². The first-order valence-corrected chi connectivity index (χ1v) is 9.63. The lowest BCUT2D eigenvalue weighted by Gasteiger charge is -2.27. The van der Waals surface area contributed by atoms with Crippen molar-refractivity contribution in [3.63, 3.8) is 0 Å². The molecular formula is C19H30N4O2. The van der Waals surface area contributed by atoms with Crippen LogP contribution < -0.4 is 5.32 Å². The van der Waals surface area contributed by atoms with Gasteiger partial charge in [-0.15, -0.1) is 0 Å². The molecule has 1 aromatic rings. The van der Waals surface area contributed by atoms with Crippen LogP contribution in [0.25, 0.3) is 0 Å². The fourth-order valence-corrected chi connectivity index (χ4v) is 4.16. The molecule has 1 aliphatic heterocycles. The first-order chi connectivity index (χ1) is 12.0. The fourth-order valence-electron chi connectivity index (χ4n) is 4.16. The number of carbonyl (C=O) groups is 2. The summed E-state index contributed by atoms with van der Waals surface area (Å²) < 4.78 is 1.87. The Labute approximate surface area is 149 Å².